The van der Waals surface area contributed by atoms with Crippen LogP contribution in [0.15, 0.2) is 237 Å². The first-order valence-electron chi connectivity index (χ1n) is 21.6. The third-order valence-corrected chi connectivity index (χ3v) is 12.9. The van der Waals surface area contributed by atoms with Gasteiger partial charge in [-0.05, 0) is 102 Å². The molecule has 10 aromatic rings. The Balaban J connectivity index is 1.23. The van der Waals surface area contributed by atoms with Crippen LogP contribution in [0.2, 0.25) is 0 Å². The summed E-state index contributed by atoms with van der Waals surface area (Å²) in [7, 11) is 0. The fourth-order valence-corrected chi connectivity index (χ4v) is 10.1. The van der Waals surface area contributed by atoms with Crippen LogP contribution in [-0.2, 0) is 5.41 Å². The summed E-state index contributed by atoms with van der Waals surface area (Å²) in [5.41, 5.74) is 20.4. The number of fused-ring (bicyclic) bond motifs is 4. The molecule has 62 heavy (non-hydrogen) atoms. The van der Waals surface area contributed by atoms with Gasteiger partial charge < -0.3 is 4.90 Å². The third-order valence-electron chi connectivity index (χ3n) is 12.9. The van der Waals surface area contributed by atoms with Crippen molar-refractivity contribution in [2.24, 2.45) is 0 Å². The summed E-state index contributed by atoms with van der Waals surface area (Å²) >= 11 is 0. The van der Waals surface area contributed by atoms with Gasteiger partial charge in [0.05, 0.1) is 11.4 Å². The molecule has 11 rings (SSSR count). The van der Waals surface area contributed by atoms with Gasteiger partial charge in [0.15, 0.2) is 0 Å². The Kier molecular flexibility index (Phi) is 9.24. The molecule has 1 nitrogen and oxygen atoms in total. The second-order valence-corrected chi connectivity index (χ2v) is 16.8. The summed E-state index contributed by atoms with van der Waals surface area (Å²) in [5.74, 6) is 0. The zero-order chi connectivity index (χ0) is 41.6. The molecule has 0 fully saturated rings. The molecule has 0 bridgehead atoms. The summed E-state index contributed by atoms with van der Waals surface area (Å²) in [5, 5.41) is 2.47. The predicted octanol–water partition coefficient (Wildman–Crippen LogP) is 17.0. The Morgan fingerprint density at radius 1 is 0.323 bits per heavy atom. The van der Waals surface area contributed by atoms with Crippen molar-refractivity contribution in [1.29, 1.82) is 0 Å². The molecule has 0 aromatic heterocycles. The highest BCUT2D eigenvalue weighted by Gasteiger charge is 2.38. The van der Waals surface area contributed by atoms with Crippen LogP contribution in [-0.4, -0.2) is 0 Å². The van der Waals surface area contributed by atoms with Crippen molar-refractivity contribution in [3.63, 3.8) is 0 Å². The van der Waals surface area contributed by atoms with Gasteiger partial charge in [0.1, 0.15) is 0 Å². The lowest BCUT2D eigenvalue weighted by atomic mass is 9.78. The maximum absolute atomic E-state index is 2.53. The molecule has 10 aromatic carbocycles. The van der Waals surface area contributed by atoms with Crippen LogP contribution in [0.5, 0.6) is 0 Å². The molecule has 0 atom stereocenters. The summed E-state index contributed by atoms with van der Waals surface area (Å²) < 4.78 is 0. The summed E-state index contributed by atoms with van der Waals surface area (Å²) in [6, 6.07) is 86.8. The molecule has 0 unspecified atom stereocenters. The second kappa shape index (κ2) is 15.4. The number of anilines is 3. The first kappa shape index (κ1) is 37.3. The summed E-state index contributed by atoms with van der Waals surface area (Å²) in [6.45, 7) is 4.77. The monoisotopic (exact) mass is 791 g/mol. The van der Waals surface area contributed by atoms with Crippen LogP contribution < -0.4 is 4.90 Å². The van der Waals surface area contributed by atoms with Gasteiger partial charge in [-0.2, -0.15) is 0 Å². The van der Waals surface area contributed by atoms with Crippen LogP contribution in [0.25, 0.3) is 77.5 Å². The molecule has 0 amide bonds. The fourth-order valence-electron chi connectivity index (χ4n) is 10.1. The number of rotatable bonds is 8. The first-order valence-corrected chi connectivity index (χ1v) is 21.6. The minimum atomic E-state index is -0.193. The molecule has 0 aliphatic heterocycles. The average molecular weight is 792 g/mol. The molecule has 0 saturated heterocycles. The average Bonchev–Trinajstić information content (AvgIpc) is 3.58. The van der Waals surface area contributed by atoms with Crippen molar-refractivity contribution in [3.05, 3.63) is 248 Å². The Morgan fingerprint density at radius 2 is 0.806 bits per heavy atom. The van der Waals surface area contributed by atoms with E-state index in [1.54, 1.807) is 0 Å². The van der Waals surface area contributed by atoms with Crippen molar-refractivity contribution >= 4 is 27.8 Å². The number of benzene rings is 10. The van der Waals surface area contributed by atoms with E-state index >= 15 is 0 Å². The van der Waals surface area contributed by atoms with Crippen molar-refractivity contribution in [2.45, 2.75) is 19.3 Å². The molecule has 0 N–H and O–H groups in total. The van der Waals surface area contributed by atoms with E-state index in [2.05, 4.69) is 255 Å². The van der Waals surface area contributed by atoms with E-state index in [9.17, 15) is 0 Å². The maximum Gasteiger partial charge on any atom is 0.0546 e. The van der Waals surface area contributed by atoms with E-state index in [1.807, 2.05) is 0 Å². The minimum absolute atomic E-state index is 0.193. The van der Waals surface area contributed by atoms with Crippen molar-refractivity contribution < 1.29 is 0 Å². The number of para-hydroxylation sites is 1. The van der Waals surface area contributed by atoms with Crippen molar-refractivity contribution in [2.75, 3.05) is 4.90 Å². The van der Waals surface area contributed by atoms with Gasteiger partial charge in [0.25, 0.3) is 0 Å². The molecule has 0 heterocycles. The first-order chi connectivity index (χ1) is 30.6. The molecule has 294 valence electrons. The van der Waals surface area contributed by atoms with Crippen molar-refractivity contribution in [1.82, 2.24) is 0 Å². The zero-order valence-corrected chi connectivity index (χ0v) is 35.0. The van der Waals surface area contributed by atoms with Crippen LogP contribution in [0, 0.1) is 0 Å². The zero-order valence-electron chi connectivity index (χ0n) is 35.0. The van der Waals surface area contributed by atoms with Gasteiger partial charge in [-0.15, -0.1) is 0 Å². The number of hydrogen-bond donors (Lipinski definition) is 0. The molecule has 1 heteroatoms. The second-order valence-electron chi connectivity index (χ2n) is 16.8. The van der Waals surface area contributed by atoms with Gasteiger partial charge >= 0.3 is 0 Å². The van der Waals surface area contributed by atoms with Crippen LogP contribution >= 0.6 is 0 Å². The smallest absolute Gasteiger partial charge is 0.0546 e. The van der Waals surface area contributed by atoms with Gasteiger partial charge in [-0.1, -0.05) is 226 Å². The SMILES string of the molecule is CC1(C)c2ccccc2-c2cccc(-c3ccccc3N(c3cccc(-c4cccc5ccccc45)c3)c3cccc(-c4ccccc4)c3-c3ccccc3-c3ccccc3)c21. The van der Waals surface area contributed by atoms with Gasteiger partial charge in [0, 0.05) is 22.2 Å². The van der Waals surface area contributed by atoms with E-state index in [0.29, 0.717) is 0 Å². The summed E-state index contributed by atoms with van der Waals surface area (Å²) in [4.78, 5) is 2.53. The van der Waals surface area contributed by atoms with Gasteiger partial charge in [-0.3, -0.25) is 0 Å². The lowest BCUT2D eigenvalue weighted by molar-refractivity contribution is 0.662. The van der Waals surface area contributed by atoms with E-state index in [1.165, 1.54) is 88.7 Å². The van der Waals surface area contributed by atoms with Crippen LogP contribution in [0.4, 0.5) is 17.1 Å². The molecule has 0 radical (unpaired) electrons. The molecule has 1 aliphatic carbocycles. The molecular weight excluding hydrogens is 747 g/mol. The minimum Gasteiger partial charge on any atom is -0.309 e. The van der Waals surface area contributed by atoms with E-state index < -0.39 is 0 Å². The molecule has 0 saturated carbocycles. The molecule has 1 aliphatic rings. The largest absolute Gasteiger partial charge is 0.309 e. The Morgan fingerprint density at radius 3 is 1.60 bits per heavy atom. The number of nitrogens with zero attached hydrogens (tertiary/aromatic N) is 1. The highest BCUT2D eigenvalue weighted by molar-refractivity contribution is 6.04. The van der Waals surface area contributed by atoms with E-state index in [4.69, 9.17) is 0 Å². The van der Waals surface area contributed by atoms with Crippen LogP contribution in [0.1, 0.15) is 25.0 Å². The van der Waals surface area contributed by atoms with Crippen LogP contribution in [0.3, 0.4) is 0 Å². The van der Waals surface area contributed by atoms with Crippen molar-refractivity contribution in [3.8, 4) is 66.8 Å². The maximum atomic E-state index is 2.53. The number of hydrogen-bond acceptors (Lipinski definition) is 1. The Labute approximate surface area is 364 Å². The predicted molar refractivity (Wildman–Crippen MR) is 263 cm³/mol. The Bertz CT molecular complexity index is 3260. The molecular formula is C61H45N. The highest BCUT2D eigenvalue weighted by Crippen LogP contribution is 2.55. The highest BCUT2D eigenvalue weighted by atomic mass is 15.1. The topological polar surface area (TPSA) is 3.24 Å². The Hall–Kier alpha value is -7.74. The van der Waals surface area contributed by atoms with E-state index in [0.717, 1.165) is 17.1 Å². The molecule has 0 spiro atoms. The van der Waals surface area contributed by atoms with E-state index in [-0.39, 0.29) is 5.41 Å². The third kappa shape index (κ3) is 6.25. The lowest BCUT2D eigenvalue weighted by Crippen LogP contribution is -2.17. The lowest BCUT2D eigenvalue weighted by Gasteiger charge is -2.33. The normalized spacial score (nSPS) is 12.5. The fraction of sp³-hybridized carbons (Fsp3) is 0.0492. The summed E-state index contributed by atoms with van der Waals surface area (Å²) in [6.07, 6.45) is 0. The standard InChI is InChI=1S/C61H45N/c1-61(2)56-38-15-13-31-51(56)54-36-19-37-55(60(54)61)52-32-14-16-39-57(52)62(46-28-17-27-45(41-46)49-34-18-26-43-25-9-10-29-47(43)49)58-40-20-35-50(44-23-7-4-8-24-44)59(58)53-33-12-11-30-48(53)42-21-5-3-6-22-42/h3-41H,1-2H3. The van der Waals surface area contributed by atoms with Gasteiger partial charge in [0.2, 0.25) is 0 Å². The van der Waals surface area contributed by atoms with Gasteiger partial charge in [-0.25, -0.2) is 0 Å². The quantitative estimate of drug-likeness (QED) is 0.148.